The van der Waals surface area contributed by atoms with Crippen molar-refractivity contribution >= 4 is 21.8 Å². The van der Waals surface area contributed by atoms with E-state index in [1.807, 2.05) is 0 Å². The van der Waals surface area contributed by atoms with E-state index >= 15 is 0 Å². The molecule has 2 aliphatic rings. The number of hydrogen-bond donors (Lipinski definition) is 1. The second-order valence-electron chi connectivity index (χ2n) is 7.11. The van der Waals surface area contributed by atoms with Gasteiger partial charge in [0, 0.05) is 32.2 Å². The van der Waals surface area contributed by atoms with Crippen LogP contribution in [-0.4, -0.2) is 86.7 Å². The van der Waals surface area contributed by atoms with Crippen LogP contribution in [0, 0.1) is 0 Å². The Morgan fingerprint density at radius 2 is 1.70 bits per heavy atom. The number of carbonyl (C=O) groups excluding carboxylic acids is 2. The molecule has 3 rings (SSSR count). The zero-order valence-electron chi connectivity index (χ0n) is 15.5. The van der Waals surface area contributed by atoms with Gasteiger partial charge in [-0.25, -0.2) is 8.42 Å². The molecule has 0 bridgehead atoms. The molecule has 0 unspecified atom stereocenters. The zero-order valence-corrected chi connectivity index (χ0v) is 16.3. The molecule has 0 atom stereocenters. The highest BCUT2D eigenvalue weighted by Gasteiger charge is 2.30. The number of nitrogens with zero attached hydrogens (tertiary/aromatic N) is 3. The molecule has 2 fully saturated rings. The van der Waals surface area contributed by atoms with Crippen molar-refractivity contribution in [1.82, 2.24) is 19.4 Å². The number of piperazine rings is 1. The fraction of sp³-hybridized carbons (Fsp3) is 0.556. The molecular weight excluding hydrogens is 368 g/mol. The lowest BCUT2D eigenvalue weighted by atomic mass is 10.3. The molecule has 0 aromatic heterocycles. The van der Waals surface area contributed by atoms with E-state index in [1.54, 1.807) is 47.2 Å². The summed E-state index contributed by atoms with van der Waals surface area (Å²) in [5.41, 5.74) is 0. The van der Waals surface area contributed by atoms with E-state index < -0.39 is 10.0 Å². The summed E-state index contributed by atoms with van der Waals surface area (Å²) in [4.78, 5) is 27.9. The first-order valence-corrected chi connectivity index (χ1v) is 10.6. The predicted molar refractivity (Wildman–Crippen MR) is 100 cm³/mol. The van der Waals surface area contributed by atoms with Crippen LogP contribution in [0.15, 0.2) is 35.2 Å². The van der Waals surface area contributed by atoms with Crippen LogP contribution < -0.4 is 5.32 Å². The number of hydrogen-bond acceptors (Lipinski definition) is 5. The molecular formula is C18H26N4O4S. The molecule has 8 nitrogen and oxygen atoms in total. The van der Waals surface area contributed by atoms with Crippen LogP contribution in [0.4, 0.5) is 0 Å². The summed E-state index contributed by atoms with van der Waals surface area (Å²) in [6.45, 7) is 1.58. The lowest BCUT2D eigenvalue weighted by Crippen LogP contribution is -2.52. The second-order valence-corrected chi connectivity index (χ2v) is 9.05. The normalized spacial score (nSPS) is 18.5. The monoisotopic (exact) mass is 394 g/mol. The summed E-state index contributed by atoms with van der Waals surface area (Å²) in [6.07, 6.45) is 2.06. The summed E-state index contributed by atoms with van der Waals surface area (Å²) in [5.74, 6) is -0.153. The zero-order chi connectivity index (χ0) is 19.4. The van der Waals surface area contributed by atoms with Crippen LogP contribution in [0.1, 0.15) is 12.8 Å². The summed E-state index contributed by atoms with van der Waals surface area (Å²) < 4.78 is 26.7. The molecule has 1 aromatic rings. The van der Waals surface area contributed by atoms with Crippen molar-refractivity contribution in [3.8, 4) is 0 Å². The number of amides is 2. The van der Waals surface area contributed by atoms with Gasteiger partial charge in [-0.15, -0.1) is 0 Å². The van der Waals surface area contributed by atoms with Gasteiger partial charge in [0.25, 0.3) is 0 Å². The molecule has 27 heavy (non-hydrogen) atoms. The Morgan fingerprint density at radius 3 is 2.30 bits per heavy atom. The maximum absolute atomic E-state index is 12.6. The second kappa shape index (κ2) is 8.37. The van der Waals surface area contributed by atoms with Crippen molar-refractivity contribution in [3.63, 3.8) is 0 Å². The van der Waals surface area contributed by atoms with Crippen LogP contribution in [0.3, 0.4) is 0 Å². The number of carbonyl (C=O) groups is 2. The first kappa shape index (κ1) is 19.8. The Labute approximate surface area is 160 Å². The minimum Gasteiger partial charge on any atom is -0.352 e. The van der Waals surface area contributed by atoms with E-state index in [0.717, 1.165) is 12.8 Å². The molecule has 9 heteroatoms. The summed E-state index contributed by atoms with van der Waals surface area (Å²) >= 11 is 0. The van der Waals surface area contributed by atoms with Crippen molar-refractivity contribution in [2.24, 2.45) is 0 Å². The van der Waals surface area contributed by atoms with E-state index in [2.05, 4.69) is 5.32 Å². The van der Waals surface area contributed by atoms with Crippen molar-refractivity contribution in [2.45, 2.75) is 23.8 Å². The van der Waals surface area contributed by atoms with Crippen LogP contribution >= 0.6 is 0 Å². The molecule has 1 saturated heterocycles. The van der Waals surface area contributed by atoms with E-state index in [0.29, 0.717) is 19.1 Å². The molecule has 1 N–H and O–H groups in total. The van der Waals surface area contributed by atoms with Gasteiger partial charge in [0.1, 0.15) is 0 Å². The fourth-order valence-electron chi connectivity index (χ4n) is 3.05. The molecule has 1 aromatic carbocycles. The molecule has 1 saturated carbocycles. The topological polar surface area (TPSA) is 90.0 Å². The third kappa shape index (κ3) is 5.27. The Kier molecular flexibility index (Phi) is 6.13. The highest BCUT2D eigenvalue weighted by Crippen LogP contribution is 2.18. The van der Waals surface area contributed by atoms with Gasteiger partial charge in [-0.1, -0.05) is 18.2 Å². The first-order chi connectivity index (χ1) is 12.9. The van der Waals surface area contributed by atoms with Crippen molar-refractivity contribution < 1.29 is 18.0 Å². The Hall–Kier alpha value is -1.97. The largest absolute Gasteiger partial charge is 0.352 e. The van der Waals surface area contributed by atoms with Crippen molar-refractivity contribution in [3.05, 3.63) is 30.3 Å². The number of rotatable bonds is 7. The number of benzene rings is 1. The van der Waals surface area contributed by atoms with Gasteiger partial charge < -0.3 is 10.2 Å². The quantitative estimate of drug-likeness (QED) is 0.688. The molecule has 0 spiro atoms. The number of likely N-dealkylation sites (N-methyl/N-ethyl adjacent to an activating group) is 1. The number of sulfonamides is 1. The van der Waals surface area contributed by atoms with Crippen molar-refractivity contribution in [1.29, 1.82) is 0 Å². The molecule has 148 valence electrons. The Bertz CT molecular complexity index is 772. The lowest BCUT2D eigenvalue weighted by molar-refractivity contribution is -0.133. The third-order valence-corrected chi connectivity index (χ3v) is 6.65. The molecule has 1 aliphatic carbocycles. The minimum absolute atomic E-state index is 0.0634. The molecule has 1 aliphatic heterocycles. The highest BCUT2D eigenvalue weighted by atomic mass is 32.2. The van der Waals surface area contributed by atoms with Gasteiger partial charge >= 0.3 is 0 Å². The van der Waals surface area contributed by atoms with Gasteiger partial charge in [-0.05, 0) is 32.0 Å². The smallest absolute Gasteiger partial charge is 0.243 e. The van der Waals surface area contributed by atoms with Gasteiger partial charge in [0.05, 0.1) is 18.0 Å². The van der Waals surface area contributed by atoms with Gasteiger partial charge in [0.15, 0.2) is 0 Å². The SMILES string of the molecule is CN(CC(=O)NC1CC1)CC(=O)N1CCN(S(=O)(=O)c2ccccc2)CC1. The fourth-order valence-corrected chi connectivity index (χ4v) is 4.50. The predicted octanol–water partition coefficient (Wildman–Crippen LogP) is -0.270. The standard InChI is InChI=1S/C18H26N4O4S/c1-20(13-17(23)19-15-7-8-15)14-18(24)21-9-11-22(12-10-21)27(25,26)16-5-3-2-4-6-16/h2-6,15H,7-14H2,1H3,(H,19,23). The Balaban J connectivity index is 1.46. The van der Waals surface area contributed by atoms with E-state index in [1.165, 1.54) is 4.31 Å². The summed E-state index contributed by atoms with van der Waals surface area (Å²) in [5, 5.41) is 2.90. The average molecular weight is 394 g/mol. The van der Waals surface area contributed by atoms with Gasteiger partial charge in [0.2, 0.25) is 21.8 Å². The summed E-state index contributed by atoms with van der Waals surface area (Å²) in [6, 6.07) is 8.63. The lowest BCUT2D eigenvalue weighted by Gasteiger charge is -2.34. The number of nitrogens with one attached hydrogen (secondary N) is 1. The van der Waals surface area contributed by atoms with Crippen molar-refractivity contribution in [2.75, 3.05) is 46.3 Å². The Morgan fingerprint density at radius 1 is 1.07 bits per heavy atom. The van der Waals surface area contributed by atoms with Gasteiger partial charge in [-0.3, -0.25) is 14.5 Å². The highest BCUT2D eigenvalue weighted by molar-refractivity contribution is 7.89. The van der Waals surface area contributed by atoms with E-state index in [4.69, 9.17) is 0 Å². The maximum atomic E-state index is 12.6. The van der Waals surface area contributed by atoms with Crippen LogP contribution in [0.2, 0.25) is 0 Å². The third-order valence-electron chi connectivity index (χ3n) is 4.73. The van der Waals surface area contributed by atoms with Crippen LogP contribution in [-0.2, 0) is 19.6 Å². The van der Waals surface area contributed by atoms with E-state index in [-0.39, 0.29) is 42.9 Å². The molecule has 2 amide bonds. The van der Waals surface area contributed by atoms with Gasteiger partial charge in [-0.2, -0.15) is 4.31 Å². The molecule has 0 radical (unpaired) electrons. The van der Waals surface area contributed by atoms with Crippen LogP contribution in [0.25, 0.3) is 0 Å². The van der Waals surface area contributed by atoms with Crippen LogP contribution in [0.5, 0.6) is 0 Å². The minimum atomic E-state index is -3.52. The maximum Gasteiger partial charge on any atom is 0.243 e. The first-order valence-electron chi connectivity index (χ1n) is 9.17. The molecule has 1 heterocycles. The van der Waals surface area contributed by atoms with E-state index in [9.17, 15) is 18.0 Å². The summed E-state index contributed by atoms with van der Waals surface area (Å²) in [7, 11) is -1.79. The average Bonchev–Trinajstić information content (AvgIpc) is 3.46.